The van der Waals surface area contributed by atoms with Gasteiger partial charge in [-0.2, -0.15) is 4.80 Å². The molecule has 0 aliphatic carbocycles. The summed E-state index contributed by atoms with van der Waals surface area (Å²) in [5.74, 6) is -0.0544. The van der Waals surface area contributed by atoms with Gasteiger partial charge in [-0.1, -0.05) is 16.7 Å². The van der Waals surface area contributed by atoms with E-state index in [-0.39, 0.29) is 11.9 Å². The quantitative estimate of drug-likeness (QED) is 0.588. The first-order valence-corrected chi connectivity index (χ1v) is 8.91. The monoisotopic (exact) mass is 398 g/mol. The molecule has 29 heavy (non-hydrogen) atoms. The van der Waals surface area contributed by atoms with Crippen LogP contribution in [0.5, 0.6) is 5.75 Å². The van der Waals surface area contributed by atoms with Crippen molar-refractivity contribution in [2.24, 2.45) is 0 Å². The molecule has 0 spiro atoms. The minimum absolute atomic E-state index is 0.0840. The topological polar surface area (TPSA) is 119 Å². The Balaban J connectivity index is 1.36. The molecule has 3 aromatic rings. The number of aliphatic carboxylic acids is 1. The number of anilines is 1. The molecule has 1 saturated heterocycles. The molecular weight excluding hydrogens is 382 g/mol. The van der Waals surface area contributed by atoms with Gasteiger partial charge in [-0.05, 0) is 11.3 Å². The van der Waals surface area contributed by atoms with Gasteiger partial charge in [0.15, 0.2) is 12.4 Å². The molecule has 12 heteroatoms. The fraction of sp³-hybridized carbons (Fsp3) is 0.353. The highest BCUT2D eigenvalue weighted by Gasteiger charge is 2.24. The highest BCUT2D eigenvalue weighted by Crippen LogP contribution is 2.25. The number of rotatable bonds is 6. The molecule has 0 saturated carbocycles. The number of benzene rings is 1. The first-order valence-electron chi connectivity index (χ1n) is 8.91. The Bertz CT molecular complexity index is 1020. The van der Waals surface area contributed by atoms with E-state index in [2.05, 4.69) is 20.6 Å². The first kappa shape index (κ1) is 18.9. The lowest BCUT2D eigenvalue weighted by Gasteiger charge is -2.32. The average Bonchev–Trinajstić information content (AvgIpc) is 3.34. The summed E-state index contributed by atoms with van der Waals surface area (Å²) >= 11 is 0. The third kappa shape index (κ3) is 4.36. The van der Waals surface area contributed by atoms with Crippen LogP contribution in [0.25, 0.3) is 11.6 Å². The molecule has 0 unspecified atom stereocenters. The van der Waals surface area contributed by atoms with Gasteiger partial charge in [0.25, 0.3) is 0 Å². The largest absolute Gasteiger partial charge is 0.491 e. The molecule has 148 valence electrons. The van der Waals surface area contributed by atoms with E-state index in [1.165, 1.54) is 18.2 Å². The number of hydrogen-bond donors (Lipinski definition) is 1. The predicted octanol–water partition coefficient (Wildman–Crippen LogP) is 0.393. The van der Waals surface area contributed by atoms with E-state index >= 15 is 0 Å². The Morgan fingerprint density at radius 3 is 2.90 bits per heavy atom. The maximum Gasteiger partial charge on any atom is 0.327 e. The molecule has 1 aromatic carbocycles. The second kappa shape index (κ2) is 7.90. The summed E-state index contributed by atoms with van der Waals surface area (Å²) < 4.78 is 24.5. The van der Waals surface area contributed by atoms with Gasteiger partial charge in [-0.15, -0.1) is 10.2 Å². The SMILES string of the molecule is [B]c1ccc(F)cc1OC1CCN(c2cc(-c3nnn(CC(=O)O)n3)on2)CC1. The summed E-state index contributed by atoms with van der Waals surface area (Å²) in [7, 11) is 5.84. The summed E-state index contributed by atoms with van der Waals surface area (Å²) in [5, 5.41) is 24.2. The van der Waals surface area contributed by atoms with E-state index in [9.17, 15) is 9.18 Å². The number of carbonyl (C=O) groups is 1. The van der Waals surface area contributed by atoms with Crippen molar-refractivity contribution in [3.05, 3.63) is 30.1 Å². The van der Waals surface area contributed by atoms with Crippen molar-refractivity contribution >= 4 is 25.1 Å². The van der Waals surface area contributed by atoms with Gasteiger partial charge in [0.05, 0.1) is 0 Å². The molecule has 4 rings (SSSR count). The Morgan fingerprint density at radius 1 is 1.34 bits per heavy atom. The number of aromatic nitrogens is 5. The zero-order valence-electron chi connectivity index (χ0n) is 15.2. The molecule has 0 bridgehead atoms. The lowest BCUT2D eigenvalue weighted by molar-refractivity contribution is -0.138. The molecule has 10 nitrogen and oxygen atoms in total. The second-order valence-electron chi connectivity index (χ2n) is 6.57. The zero-order chi connectivity index (χ0) is 20.4. The minimum Gasteiger partial charge on any atom is -0.491 e. The third-order valence-electron chi connectivity index (χ3n) is 4.48. The highest BCUT2D eigenvalue weighted by molar-refractivity contribution is 6.34. The van der Waals surface area contributed by atoms with E-state index in [0.29, 0.717) is 48.7 Å². The van der Waals surface area contributed by atoms with Gasteiger partial charge < -0.3 is 19.3 Å². The van der Waals surface area contributed by atoms with Gasteiger partial charge in [0.2, 0.25) is 11.6 Å². The molecule has 1 N–H and O–H groups in total. The normalized spacial score (nSPS) is 14.9. The third-order valence-corrected chi connectivity index (χ3v) is 4.48. The Labute approximate surface area is 165 Å². The van der Waals surface area contributed by atoms with E-state index in [1.54, 1.807) is 6.07 Å². The predicted molar refractivity (Wildman–Crippen MR) is 98.6 cm³/mol. The smallest absolute Gasteiger partial charge is 0.327 e. The molecule has 3 heterocycles. The van der Waals surface area contributed by atoms with Gasteiger partial charge in [0, 0.05) is 38.1 Å². The van der Waals surface area contributed by atoms with Crippen molar-refractivity contribution < 1.29 is 23.6 Å². The van der Waals surface area contributed by atoms with Crippen LogP contribution in [-0.2, 0) is 11.3 Å². The zero-order valence-corrected chi connectivity index (χ0v) is 15.2. The number of piperidine rings is 1. The molecule has 0 amide bonds. The summed E-state index contributed by atoms with van der Waals surface area (Å²) in [5.41, 5.74) is 0.401. The van der Waals surface area contributed by atoms with Crippen LogP contribution in [0.1, 0.15) is 12.8 Å². The van der Waals surface area contributed by atoms with E-state index < -0.39 is 18.3 Å². The number of hydrogen-bond acceptors (Lipinski definition) is 8. The summed E-state index contributed by atoms with van der Waals surface area (Å²) in [6, 6.07) is 5.74. The van der Waals surface area contributed by atoms with Gasteiger partial charge >= 0.3 is 5.97 Å². The van der Waals surface area contributed by atoms with Gasteiger partial charge in [-0.3, -0.25) is 4.79 Å². The van der Waals surface area contributed by atoms with E-state index in [1.807, 2.05) is 4.90 Å². The molecular formula is C17H16BFN6O4. The number of carboxylic acids is 1. The fourth-order valence-corrected chi connectivity index (χ4v) is 3.04. The van der Waals surface area contributed by atoms with Crippen molar-refractivity contribution in [2.75, 3.05) is 18.0 Å². The van der Waals surface area contributed by atoms with Crippen LogP contribution in [0.15, 0.2) is 28.8 Å². The van der Waals surface area contributed by atoms with Crippen molar-refractivity contribution in [3.8, 4) is 17.3 Å². The molecule has 2 aromatic heterocycles. The summed E-state index contributed by atoms with van der Waals surface area (Å²) in [4.78, 5) is 13.7. The van der Waals surface area contributed by atoms with Crippen molar-refractivity contribution in [3.63, 3.8) is 0 Å². The lowest BCUT2D eigenvalue weighted by Crippen LogP contribution is -2.39. The number of halogens is 1. The Morgan fingerprint density at radius 2 is 2.14 bits per heavy atom. The molecule has 1 aliphatic rings. The maximum atomic E-state index is 13.4. The molecule has 0 atom stereocenters. The van der Waals surface area contributed by atoms with Crippen LogP contribution in [0, 0.1) is 5.82 Å². The average molecular weight is 398 g/mol. The second-order valence-corrected chi connectivity index (χ2v) is 6.57. The first-order chi connectivity index (χ1) is 14.0. The highest BCUT2D eigenvalue weighted by atomic mass is 19.1. The lowest BCUT2D eigenvalue weighted by atomic mass is 9.95. The Hall–Kier alpha value is -3.44. The van der Waals surface area contributed by atoms with Gasteiger partial charge in [-0.25, -0.2) is 4.39 Å². The van der Waals surface area contributed by atoms with Crippen molar-refractivity contribution in [2.45, 2.75) is 25.5 Å². The number of carboxylic acid groups (broad SMARTS) is 1. The summed E-state index contributed by atoms with van der Waals surface area (Å²) in [6.07, 6.45) is 1.32. The Kier molecular flexibility index (Phi) is 5.15. The van der Waals surface area contributed by atoms with Gasteiger partial charge in [0.1, 0.15) is 25.5 Å². The molecule has 1 fully saturated rings. The van der Waals surface area contributed by atoms with E-state index in [0.717, 1.165) is 4.80 Å². The van der Waals surface area contributed by atoms with Crippen LogP contribution in [0.3, 0.4) is 0 Å². The van der Waals surface area contributed by atoms with Crippen LogP contribution < -0.4 is 15.1 Å². The maximum absolute atomic E-state index is 13.4. The van der Waals surface area contributed by atoms with Crippen LogP contribution in [-0.4, -0.2) is 63.5 Å². The number of ether oxygens (including phenoxy) is 1. The fourth-order valence-electron chi connectivity index (χ4n) is 3.04. The van der Waals surface area contributed by atoms with E-state index in [4.69, 9.17) is 22.2 Å². The van der Waals surface area contributed by atoms with Crippen LogP contribution in [0.4, 0.5) is 10.2 Å². The van der Waals surface area contributed by atoms with Crippen LogP contribution in [0.2, 0.25) is 0 Å². The van der Waals surface area contributed by atoms with Crippen molar-refractivity contribution in [1.29, 1.82) is 0 Å². The van der Waals surface area contributed by atoms with Crippen molar-refractivity contribution in [1.82, 2.24) is 25.4 Å². The number of tetrazole rings is 1. The minimum atomic E-state index is -1.07. The molecule has 1 aliphatic heterocycles. The summed E-state index contributed by atoms with van der Waals surface area (Å²) in [6.45, 7) is 0.924. The molecule has 2 radical (unpaired) electrons. The van der Waals surface area contributed by atoms with Crippen LogP contribution >= 0.6 is 0 Å². The standard InChI is InChI=1S/C17H16BFN6O4/c18-12-2-1-10(19)7-13(12)28-11-3-5-24(6-4-11)15-8-14(29-22-15)17-20-23-25(21-17)9-16(26)27/h1-2,7-8,11H,3-6,9H2,(H,26,27). The number of nitrogens with zero attached hydrogens (tertiary/aromatic N) is 6.